The van der Waals surface area contributed by atoms with E-state index in [-0.39, 0.29) is 12.6 Å². The maximum atomic E-state index is 13.7. The molecule has 1 aromatic heterocycles. The highest BCUT2D eigenvalue weighted by molar-refractivity contribution is 9.10. The zero-order valence-corrected chi connectivity index (χ0v) is 25.2. The van der Waals surface area contributed by atoms with Gasteiger partial charge in [-0.2, -0.15) is 13.2 Å². The van der Waals surface area contributed by atoms with Gasteiger partial charge in [-0.25, -0.2) is 0 Å². The van der Waals surface area contributed by atoms with Crippen LogP contribution in [-0.2, 0) is 16.0 Å². The van der Waals surface area contributed by atoms with Crippen molar-refractivity contribution < 1.29 is 27.4 Å². The first kappa shape index (κ1) is 30.5. The summed E-state index contributed by atoms with van der Waals surface area (Å²) in [4.78, 5) is 2.31. The van der Waals surface area contributed by atoms with Crippen molar-refractivity contribution in [2.24, 2.45) is 5.92 Å². The highest BCUT2D eigenvalue weighted by atomic mass is 79.9. The predicted molar refractivity (Wildman–Crippen MR) is 162 cm³/mol. The van der Waals surface area contributed by atoms with Crippen LogP contribution < -0.4 is 14.0 Å². The molecule has 2 aliphatic rings. The number of hydrogen-bond donors (Lipinski definition) is 1. The molecule has 5 rings (SSSR count). The van der Waals surface area contributed by atoms with E-state index in [1.165, 1.54) is 4.57 Å². The Kier molecular flexibility index (Phi) is 10.2. The Morgan fingerprint density at radius 2 is 1.79 bits per heavy atom. The van der Waals surface area contributed by atoms with Gasteiger partial charge in [0.05, 0.1) is 59.4 Å². The van der Waals surface area contributed by atoms with E-state index in [2.05, 4.69) is 45.3 Å². The smallest absolute Gasteiger partial charge is 0.406 e. The summed E-state index contributed by atoms with van der Waals surface area (Å²) < 4.78 is 61.5. The zero-order valence-electron chi connectivity index (χ0n) is 23.6. The van der Waals surface area contributed by atoms with Crippen LogP contribution in [0.15, 0.2) is 48.5 Å². The van der Waals surface area contributed by atoms with E-state index in [1.54, 1.807) is 22.1 Å². The minimum Gasteiger partial charge on any atom is -0.491 e. The normalized spacial score (nSPS) is 21.6. The van der Waals surface area contributed by atoms with Gasteiger partial charge in [0.15, 0.2) is 0 Å². The van der Waals surface area contributed by atoms with E-state index in [1.807, 2.05) is 30.3 Å². The maximum absolute atomic E-state index is 13.7. The van der Waals surface area contributed by atoms with Gasteiger partial charge in [0.25, 0.3) is 0 Å². The van der Waals surface area contributed by atoms with Crippen molar-refractivity contribution in [2.75, 3.05) is 69.0 Å². The molecule has 3 aromatic rings. The predicted octanol–water partition coefficient (Wildman–Crippen LogP) is 5.92. The number of nitrogens with zero attached hydrogens (tertiary/aromatic N) is 3. The second-order valence-corrected chi connectivity index (χ2v) is 11.6. The van der Waals surface area contributed by atoms with Crippen LogP contribution in [0, 0.1) is 17.8 Å². The summed E-state index contributed by atoms with van der Waals surface area (Å²) in [6.07, 6.45) is -2.59. The minimum atomic E-state index is -4.39. The van der Waals surface area contributed by atoms with E-state index < -0.39 is 12.7 Å². The number of aromatic nitrogens is 1. The lowest BCUT2D eigenvalue weighted by atomic mass is 9.89. The fraction of sp³-hybridized carbons (Fsp3) is 0.484. The lowest BCUT2D eigenvalue weighted by Gasteiger charge is -2.38. The molecule has 226 valence electrons. The monoisotopic (exact) mass is 648 g/mol. The van der Waals surface area contributed by atoms with E-state index in [0.29, 0.717) is 55.9 Å². The molecular weight excluding hydrogens is 613 g/mol. The van der Waals surface area contributed by atoms with Gasteiger partial charge in [0.2, 0.25) is 0 Å². The van der Waals surface area contributed by atoms with Crippen LogP contribution in [-0.4, -0.2) is 81.4 Å². The average Bonchev–Trinajstić information content (AvgIpc) is 3.29. The molecule has 0 saturated carbocycles. The number of benzene rings is 2. The van der Waals surface area contributed by atoms with Gasteiger partial charge in [-0.1, -0.05) is 18.1 Å². The molecule has 0 amide bonds. The number of piperidine rings is 1. The molecule has 2 unspecified atom stereocenters. The molecule has 2 aromatic carbocycles. The molecule has 1 saturated heterocycles. The number of alkyl halides is 3. The van der Waals surface area contributed by atoms with Gasteiger partial charge in [-0.05, 0) is 68.6 Å². The SMILES string of the molecule is CN1CCC2Nc3cccc4c3cc(n4CC(F)(F)F)C#CCN(Br)c3cccc(c3)OCCOCCOCCC2C1. The Hall–Kier alpha value is -2.91. The van der Waals surface area contributed by atoms with Gasteiger partial charge in [0.1, 0.15) is 18.9 Å². The van der Waals surface area contributed by atoms with E-state index >= 15 is 0 Å². The number of nitrogens with one attached hydrogen (secondary N) is 1. The summed E-state index contributed by atoms with van der Waals surface area (Å²) in [5.41, 5.74) is 2.46. The van der Waals surface area contributed by atoms with Crippen LogP contribution in [0.1, 0.15) is 18.5 Å². The number of likely N-dealkylation sites (tertiary alicyclic amines) is 1. The van der Waals surface area contributed by atoms with Crippen LogP contribution >= 0.6 is 16.1 Å². The fourth-order valence-corrected chi connectivity index (χ4v) is 5.90. The third-order valence-electron chi connectivity index (χ3n) is 7.59. The number of rotatable bonds is 1. The van der Waals surface area contributed by atoms with E-state index in [0.717, 1.165) is 42.7 Å². The van der Waals surface area contributed by atoms with Gasteiger partial charge in [-0.3, -0.25) is 3.93 Å². The lowest BCUT2D eigenvalue weighted by molar-refractivity contribution is -0.140. The molecule has 2 aliphatic heterocycles. The van der Waals surface area contributed by atoms with Crippen molar-refractivity contribution in [2.45, 2.75) is 31.6 Å². The molecular formula is C31H36BrF3N4O3. The van der Waals surface area contributed by atoms with Crippen molar-refractivity contribution in [3.05, 3.63) is 54.2 Å². The molecule has 0 radical (unpaired) electrons. The lowest BCUT2D eigenvalue weighted by Crippen LogP contribution is -2.45. The Bertz CT molecular complexity index is 1400. The summed E-state index contributed by atoms with van der Waals surface area (Å²) in [5.74, 6) is 7.05. The molecule has 42 heavy (non-hydrogen) atoms. The molecule has 3 heterocycles. The third kappa shape index (κ3) is 8.13. The van der Waals surface area contributed by atoms with Crippen LogP contribution in [0.5, 0.6) is 5.75 Å². The van der Waals surface area contributed by atoms with Gasteiger partial charge in [0, 0.05) is 36.3 Å². The number of hydrogen-bond acceptors (Lipinski definition) is 6. The zero-order chi connectivity index (χ0) is 29.5. The standard InChI is InChI=1S/C31H36BrF3N4O3/c1-37-13-10-28-23(21-37)11-14-40-15-16-41-17-18-42-26-7-2-5-25(19-26)39(32)12-4-6-24-20-27-29(36-28)8-3-9-30(27)38(24)22-31(33,34)35/h2-3,5,7-9,19-20,23,28,36H,10-18,21-22H2,1H3. The number of fused-ring (bicyclic) bond motifs is 4. The Morgan fingerprint density at radius 1 is 1.00 bits per heavy atom. The first-order valence-electron chi connectivity index (χ1n) is 14.2. The summed E-state index contributed by atoms with van der Waals surface area (Å²) in [6.45, 7) is 3.45. The molecule has 0 spiro atoms. The Labute approximate surface area is 253 Å². The van der Waals surface area contributed by atoms with Crippen LogP contribution in [0.4, 0.5) is 24.5 Å². The van der Waals surface area contributed by atoms with E-state index in [4.69, 9.17) is 14.2 Å². The number of halogens is 4. The number of ether oxygens (including phenoxy) is 3. The largest absolute Gasteiger partial charge is 0.491 e. The second kappa shape index (κ2) is 14.0. The van der Waals surface area contributed by atoms with Crippen LogP contribution in [0.25, 0.3) is 10.9 Å². The molecule has 0 aliphatic carbocycles. The molecule has 4 bridgehead atoms. The van der Waals surface area contributed by atoms with Gasteiger partial charge in [-0.15, -0.1) is 0 Å². The maximum Gasteiger partial charge on any atom is 0.406 e. The highest BCUT2D eigenvalue weighted by Crippen LogP contribution is 2.32. The van der Waals surface area contributed by atoms with Gasteiger partial charge < -0.3 is 29.0 Å². The first-order valence-corrected chi connectivity index (χ1v) is 14.9. The van der Waals surface area contributed by atoms with Crippen molar-refractivity contribution in [3.63, 3.8) is 0 Å². The summed E-state index contributed by atoms with van der Waals surface area (Å²) in [7, 11) is 2.12. The van der Waals surface area contributed by atoms with Crippen molar-refractivity contribution in [1.29, 1.82) is 0 Å². The highest BCUT2D eigenvalue weighted by Gasteiger charge is 2.31. The fourth-order valence-electron chi connectivity index (χ4n) is 5.55. The van der Waals surface area contributed by atoms with Crippen molar-refractivity contribution in [3.8, 4) is 17.6 Å². The summed E-state index contributed by atoms with van der Waals surface area (Å²) >= 11 is 3.53. The third-order valence-corrected chi connectivity index (χ3v) is 8.25. The quantitative estimate of drug-likeness (QED) is 0.261. The van der Waals surface area contributed by atoms with Crippen LogP contribution in [0.2, 0.25) is 0 Å². The molecule has 1 N–H and O–H groups in total. The Balaban J connectivity index is 1.47. The molecule has 2 atom stereocenters. The molecule has 1 fully saturated rings. The Morgan fingerprint density at radius 3 is 2.62 bits per heavy atom. The van der Waals surface area contributed by atoms with E-state index in [9.17, 15) is 13.2 Å². The topological polar surface area (TPSA) is 51.1 Å². The number of anilines is 2. The summed E-state index contributed by atoms with van der Waals surface area (Å²) in [6, 6.07) is 14.9. The van der Waals surface area contributed by atoms with Crippen LogP contribution in [0.3, 0.4) is 0 Å². The molecule has 11 heteroatoms. The molecule has 7 nitrogen and oxygen atoms in total. The average molecular weight is 650 g/mol. The van der Waals surface area contributed by atoms with Crippen molar-refractivity contribution in [1.82, 2.24) is 9.47 Å². The second-order valence-electron chi connectivity index (χ2n) is 10.7. The minimum absolute atomic E-state index is 0.169. The summed E-state index contributed by atoms with van der Waals surface area (Å²) in [5, 5.41) is 4.42. The van der Waals surface area contributed by atoms with Crippen molar-refractivity contribution >= 4 is 38.4 Å². The van der Waals surface area contributed by atoms with Gasteiger partial charge >= 0.3 is 6.18 Å². The first-order chi connectivity index (χ1) is 20.3.